The molecule has 1 aromatic carbocycles. The van der Waals surface area contributed by atoms with Crippen LogP contribution in [-0.4, -0.2) is 23.3 Å². The maximum Gasteiger partial charge on any atom is 0.417 e. The molecule has 112 valence electrons. The first-order valence-corrected chi connectivity index (χ1v) is 6.22. The van der Waals surface area contributed by atoms with Crippen LogP contribution in [0.1, 0.15) is 12.5 Å². The predicted octanol–water partition coefficient (Wildman–Crippen LogP) is 3.04. The van der Waals surface area contributed by atoms with Gasteiger partial charge >= 0.3 is 6.18 Å². The number of hydrogen-bond donors (Lipinski definition) is 1. The fourth-order valence-electron chi connectivity index (χ4n) is 1.87. The summed E-state index contributed by atoms with van der Waals surface area (Å²) >= 11 is 5.52. The molecular formula is C13H10ClF3N2O2. The highest BCUT2D eigenvalue weighted by Crippen LogP contribution is 2.36. The molecule has 4 nitrogen and oxygen atoms in total. The number of imide groups is 1. The molecular weight excluding hydrogens is 309 g/mol. The number of anilines is 1. The lowest BCUT2D eigenvalue weighted by Gasteiger charge is -2.14. The lowest BCUT2D eigenvalue weighted by molar-refractivity contribution is -0.139. The third-order valence-corrected chi connectivity index (χ3v) is 3.18. The first-order valence-electron chi connectivity index (χ1n) is 5.85. The highest BCUT2D eigenvalue weighted by Gasteiger charge is 2.33. The zero-order valence-corrected chi connectivity index (χ0v) is 11.5. The van der Waals surface area contributed by atoms with Gasteiger partial charge in [-0.1, -0.05) is 11.6 Å². The van der Waals surface area contributed by atoms with Crippen molar-refractivity contribution in [3.8, 4) is 0 Å². The minimum atomic E-state index is -4.57. The number of benzene rings is 1. The summed E-state index contributed by atoms with van der Waals surface area (Å²) in [5.41, 5.74) is -0.496. The topological polar surface area (TPSA) is 49.4 Å². The van der Waals surface area contributed by atoms with E-state index in [0.29, 0.717) is 5.70 Å². The molecule has 0 aliphatic carbocycles. The predicted molar refractivity (Wildman–Crippen MR) is 70.6 cm³/mol. The smallest absolute Gasteiger partial charge is 0.357 e. The fraction of sp³-hybridized carbons (Fsp3) is 0.231. The molecule has 0 saturated heterocycles. The van der Waals surface area contributed by atoms with E-state index in [0.717, 1.165) is 17.0 Å². The van der Waals surface area contributed by atoms with E-state index >= 15 is 0 Å². The monoisotopic (exact) mass is 318 g/mol. The number of nitrogens with one attached hydrogen (secondary N) is 1. The Kier molecular flexibility index (Phi) is 3.95. The number of carbonyl (C=O) groups is 2. The largest absolute Gasteiger partial charge is 0.417 e. The third-order valence-electron chi connectivity index (χ3n) is 2.85. The Balaban J connectivity index is 2.21. The molecule has 1 heterocycles. The highest BCUT2D eigenvalue weighted by atomic mass is 35.5. The van der Waals surface area contributed by atoms with Crippen LogP contribution >= 0.6 is 11.6 Å². The summed E-state index contributed by atoms with van der Waals surface area (Å²) in [6, 6.07) is 3.33. The van der Waals surface area contributed by atoms with Crippen LogP contribution in [0, 0.1) is 0 Å². The van der Waals surface area contributed by atoms with Gasteiger partial charge in [0.25, 0.3) is 5.91 Å². The van der Waals surface area contributed by atoms with Gasteiger partial charge in [0, 0.05) is 24.4 Å². The molecule has 0 aromatic heterocycles. The van der Waals surface area contributed by atoms with Gasteiger partial charge in [0.05, 0.1) is 17.1 Å². The molecule has 0 spiro atoms. The molecule has 1 aliphatic heterocycles. The van der Waals surface area contributed by atoms with E-state index in [9.17, 15) is 22.8 Å². The van der Waals surface area contributed by atoms with Crippen molar-refractivity contribution in [3.63, 3.8) is 0 Å². The van der Waals surface area contributed by atoms with Crippen molar-refractivity contribution in [2.75, 3.05) is 11.9 Å². The third kappa shape index (κ3) is 3.36. The quantitative estimate of drug-likeness (QED) is 0.912. The lowest BCUT2D eigenvalue weighted by Crippen LogP contribution is -2.31. The number of halogens is 4. The van der Waals surface area contributed by atoms with Crippen molar-refractivity contribution < 1.29 is 22.8 Å². The van der Waals surface area contributed by atoms with Crippen LogP contribution in [0.4, 0.5) is 18.9 Å². The normalized spacial score (nSPS) is 15.2. The molecule has 1 aromatic rings. The first-order chi connectivity index (χ1) is 9.68. The number of hydrogen-bond acceptors (Lipinski definition) is 3. The van der Waals surface area contributed by atoms with Crippen LogP contribution in [0.15, 0.2) is 30.0 Å². The standard InChI is InChI=1S/C13H10ClF3N2O2/c1-7(20)19-6-9(5-12(19)21)18-8-2-3-11(14)10(4-8)13(15,16)17/h2-5,18H,6H2,1H3. The summed E-state index contributed by atoms with van der Waals surface area (Å²) in [5, 5.41) is 2.28. The summed E-state index contributed by atoms with van der Waals surface area (Å²) in [7, 11) is 0. The second-order valence-electron chi connectivity index (χ2n) is 4.43. The Morgan fingerprint density at radius 1 is 1.38 bits per heavy atom. The second-order valence-corrected chi connectivity index (χ2v) is 4.84. The minimum absolute atomic E-state index is 0.00184. The summed E-state index contributed by atoms with van der Waals surface area (Å²) in [6.45, 7) is 1.23. The van der Waals surface area contributed by atoms with E-state index in [-0.39, 0.29) is 12.2 Å². The van der Waals surface area contributed by atoms with E-state index < -0.39 is 28.6 Å². The molecule has 8 heteroatoms. The van der Waals surface area contributed by atoms with Gasteiger partial charge in [-0.2, -0.15) is 13.2 Å². The molecule has 0 radical (unpaired) electrons. The van der Waals surface area contributed by atoms with Crippen LogP contribution in [0.3, 0.4) is 0 Å². The summed E-state index contributed by atoms with van der Waals surface area (Å²) < 4.78 is 38.2. The molecule has 2 rings (SSSR count). The van der Waals surface area contributed by atoms with Gasteiger partial charge < -0.3 is 5.32 Å². The van der Waals surface area contributed by atoms with Gasteiger partial charge in [-0.3, -0.25) is 14.5 Å². The molecule has 21 heavy (non-hydrogen) atoms. The van der Waals surface area contributed by atoms with Crippen LogP contribution < -0.4 is 5.32 Å². The Morgan fingerprint density at radius 2 is 2.05 bits per heavy atom. The molecule has 0 unspecified atom stereocenters. The highest BCUT2D eigenvalue weighted by molar-refractivity contribution is 6.31. The molecule has 0 atom stereocenters. The van der Waals surface area contributed by atoms with Crippen LogP contribution in [0.25, 0.3) is 0 Å². The second kappa shape index (κ2) is 5.40. The van der Waals surface area contributed by atoms with E-state index in [1.165, 1.54) is 19.1 Å². The van der Waals surface area contributed by atoms with Crippen molar-refractivity contribution in [3.05, 3.63) is 40.6 Å². The van der Waals surface area contributed by atoms with Gasteiger partial charge in [-0.05, 0) is 18.2 Å². The van der Waals surface area contributed by atoms with Gasteiger partial charge in [0.15, 0.2) is 0 Å². The van der Waals surface area contributed by atoms with Crippen molar-refractivity contribution in [2.45, 2.75) is 13.1 Å². The van der Waals surface area contributed by atoms with Gasteiger partial charge in [-0.15, -0.1) is 0 Å². The van der Waals surface area contributed by atoms with Gasteiger partial charge in [0.2, 0.25) is 5.91 Å². The molecule has 0 saturated carbocycles. The number of rotatable bonds is 2. The Hall–Kier alpha value is -2.02. The molecule has 1 aliphatic rings. The Morgan fingerprint density at radius 3 is 2.57 bits per heavy atom. The zero-order chi connectivity index (χ0) is 15.8. The molecule has 0 fully saturated rings. The average Bonchev–Trinajstić information content (AvgIpc) is 2.71. The number of alkyl halides is 3. The minimum Gasteiger partial charge on any atom is -0.357 e. The summed E-state index contributed by atoms with van der Waals surface area (Å²) in [6.07, 6.45) is -3.40. The van der Waals surface area contributed by atoms with Crippen LogP contribution in [0.2, 0.25) is 5.02 Å². The van der Waals surface area contributed by atoms with E-state index in [2.05, 4.69) is 5.32 Å². The molecule has 1 N–H and O–H groups in total. The van der Waals surface area contributed by atoms with Gasteiger partial charge in [-0.25, -0.2) is 0 Å². The van der Waals surface area contributed by atoms with Crippen molar-refractivity contribution in [2.24, 2.45) is 0 Å². The van der Waals surface area contributed by atoms with E-state index in [4.69, 9.17) is 11.6 Å². The SMILES string of the molecule is CC(=O)N1CC(Nc2ccc(Cl)c(C(F)(F)F)c2)=CC1=O. The van der Waals surface area contributed by atoms with Crippen molar-refractivity contribution in [1.29, 1.82) is 0 Å². The van der Waals surface area contributed by atoms with Crippen molar-refractivity contribution >= 4 is 29.1 Å². The fourth-order valence-corrected chi connectivity index (χ4v) is 2.09. The van der Waals surface area contributed by atoms with Crippen molar-refractivity contribution in [1.82, 2.24) is 4.90 Å². The zero-order valence-electron chi connectivity index (χ0n) is 10.8. The summed E-state index contributed by atoms with van der Waals surface area (Å²) in [5.74, 6) is -0.935. The summed E-state index contributed by atoms with van der Waals surface area (Å²) in [4.78, 5) is 23.6. The molecule has 2 amide bonds. The number of carbonyl (C=O) groups excluding carboxylic acids is 2. The lowest BCUT2D eigenvalue weighted by atomic mass is 10.2. The maximum absolute atomic E-state index is 12.7. The molecule has 0 bridgehead atoms. The number of nitrogens with zero attached hydrogens (tertiary/aromatic N) is 1. The number of amides is 2. The maximum atomic E-state index is 12.7. The van der Waals surface area contributed by atoms with E-state index in [1.807, 2.05) is 0 Å². The Bertz CT molecular complexity index is 641. The van der Waals surface area contributed by atoms with Crippen LogP contribution in [-0.2, 0) is 15.8 Å². The van der Waals surface area contributed by atoms with Crippen LogP contribution in [0.5, 0.6) is 0 Å². The van der Waals surface area contributed by atoms with Gasteiger partial charge in [0.1, 0.15) is 0 Å². The average molecular weight is 319 g/mol. The first kappa shape index (κ1) is 15.4. The van der Waals surface area contributed by atoms with E-state index in [1.54, 1.807) is 0 Å². The Labute approximate surface area is 123 Å².